The number of pyridine rings is 2. The summed E-state index contributed by atoms with van der Waals surface area (Å²) >= 11 is 0. The minimum Gasteiger partial charge on any atom is -0.299 e. The van der Waals surface area contributed by atoms with E-state index in [1.807, 2.05) is 30.9 Å². The molecule has 0 aliphatic carbocycles. The minimum absolute atomic E-state index is 0.722. The highest BCUT2D eigenvalue weighted by Gasteiger charge is 2.23. The third-order valence-corrected chi connectivity index (χ3v) is 4.76. The second-order valence-corrected chi connectivity index (χ2v) is 6.47. The molecule has 3 nitrogen and oxygen atoms in total. The number of hydrogen-bond acceptors (Lipinski definition) is 3. The molecule has 0 bridgehead atoms. The molecule has 4 rings (SSSR count). The molecule has 1 unspecified atom stereocenters. The van der Waals surface area contributed by atoms with Crippen LogP contribution in [0, 0.1) is 5.92 Å². The summed E-state index contributed by atoms with van der Waals surface area (Å²) in [5.41, 5.74) is 2.69. The SMILES string of the molecule is c1cncc(CN2CCC(Cc3cncc4ccccc34)C2)c1. The normalized spacial score (nSPS) is 18.5. The van der Waals surface area contributed by atoms with Gasteiger partial charge in [-0.3, -0.25) is 14.9 Å². The average Bonchev–Trinajstić information content (AvgIpc) is 3.03. The molecule has 0 spiro atoms. The van der Waals surface area contributed by atoms with Crippen LogP contribution in [0.4, 0.5) is 0 Å². The number of benzene rings is 1. The lowest BCUT2D eigenvalue weighted by Crippen LogP contribution is -2.20. The van der Waals surface area contributed by atoms with Crippen LogP contribution >= 0.6 is 0 Å². The first-order chi connectivity index (χ1) is 11.4. The number of hydrogen-bond donors (Lipinski definition) is 0. The van der Waals surface area contributed by atoms with E-state index in [4.69, 9.17) is 0 Å². The molecule has 3 heterocycles. The molecule has 3 heteroatoms. The molecule has 2 aromatic heterocycles. The quantitative estimate of drug-likeness (QED) is 0.736. The Balaban J connectivity index is 1.44. The molecule has 1 fully saturated rings. The third kappa shape index (κ3) is 3.25. The lowest BCUT2D eigenvalue weighted by atomic mass is 9.96. The van der Waals surface area contributed by atoms with Gasteiger partial charge in [0.25, 0.3) is 0 Å². The summed E-state index contributed by atoms with van der Waals surface area (Å²) in [6.45, 7) is 3.36. The van der Waals surface area contributed by atoms with Crippen molar-refractivity contribution in [2.45, 2.75) is 19.4 Å². The Morgan fingerprint density at radius 3 is 2.87 bits per heavy atom. The minimum atomic E-state index is 0.722. The van der Waals surface area contributed by atoms with Crippen LogP contribution < -0.4 is 0 Å². The van der Waals surface area contributed by atoms with E-state index in [0.717, 1.165) is 25.4 Å². The maximum absolute atomic E-state index is 4.42. The number of nitrogens with zero attached hydrogens (tertiary/aromatic N) is 3. The van der Waals surface area contributed by atoms with E-state index < -0.39 is 0 Å². The van der Waals surface area contributed by atoms with Gasteiger partial charge in [-0.25, -0.2) is 0 Å². The highest BCUT2D eigenvalue weighted by atomic mass is 15.1. The number of aromatic nitrogens is 2. The van der Waals surface area contributed by atoms with Gasteiger partial charge in [0.1, 0.15) is 0 Å². The molecule has 0 radical (unpaired) electrons. The van der Waals surface area contributed by atoms with Gasteiger partial charge < -0.3 is 0 Å². The Bertz CT molecular complexity index is 780. The molecule has 23 heavy (non-hydrogen) atoms. The fourth-order valence-electron chi connectivity index (χ4n) is 3.63. The second-order valence-electron chi connectivity index (χ2n) is 6.47. The van der Waals surface area contributed by atoms with Crippen molar-refractivity contribution in [3.8, 4) is 0 Å². The molecule has 116 valence electrons. The molecule has 3 aromatic rings. The van der Waals surface area contributed by atoms with Crippen molar-refractivity contribution in [1.29, 1.82) is 0 Å². The van der Waals surface area contributed by atoms with E-state index in [9.17, 15) is 0 Å². The Morgan fingerprint density at radius 1 is 1.00 bits per heavy atom. The van der Waals surface area contributed by atoms with Crippen LogP contribution in [-0.2, 0) is 13.0 Å². The fraction of sp³-hybridized carbons (Fsp3) is 0.300. The molecule has 1 aliphatic rings. The van der Waals surface area contributed by atoms with E-state index in [1.54, 1.807) is 0 Å². The maximum Gasteiger partial charge on any atom is 0.0346 e. The van der Waals surface area contributed by atoms with Crippen LogP contribution in [0.1, 0.15) is 17.5 Å². The second kappa shape index (κ2) is 6.47. The molecule has 0 saturated carbocycles. The zero-order valence-corrected chi connectivity index (χ0v) is 13.2. The smallest absolute Gasteiger partial charge is 0.0346 e. The summed E-state index contributed by atoms with van der Waals surface area (Å²) in [4.78, 5) is 11.2. The van der Waals surface area contributed by atoms with E-state index in [1.165, 1.54) is 34.9 Å². The standard InChI is InChI=1S/C20H21N3/c1-2-6-20-18(5-1)12-22-13-19(20)10-16-7-9-23(14-16)15-17-4-3-8-21-11-17/h1-6,8,11-13,16H,7,9-10,14-15H2. The van der Waals surface area contributed by atoms with Crippen molar-refractivity contribution in [2.75, 3.05) is 13.1 Å². The maximum atomic E-state index is 4.42. The Hall–Kier alpha value is -2.26. The zero-order chi connectivity index (χ0) is 15.5. The highest BCUT2D eigenvalue weighted by molar-refractivity contribution is 5.84. The number of likely N-dealkylation sites (tertiary alicyclic amines) is 1. The van der Waals surface area contributed by atoms with Crippen LogP contribution in [0.2, 0.25) is 0 Å². The first-order valence-electron chi connectivity index (χ1n) is 8.31. The molecule has 0 N–H and O–H groups in total. The van der Waals surface area contributed by atoms with Crippen molar-refractivity contribution in [3.05, 3.63) is 72.3 Å². The summed E-state index contributed by atoms with van der Waals surface area (Å²) in [6, 6.07) is 12.7. The summed E-state index contributed by atoms with van der Waals surface area (Å²) in [6.07, 6.45) is 10.2. The van der Waals surface area contributed by atoms with Crippen molar-refractivity contribution in [3.63, 3.8) is 0 Å². The van der Waals surface area contributed by atoms with Gasteiger partial charge in [0, 0.05) is 43.3 Å². The van der Waals surface area contributed by atoms with Gasteiger partial charge in [0.15, 0.2) is 0 Å². The van der Waals surface area contributed by atoms with Crippen LogP contribution in [0.5, 0.6) is 0 Å². The Labute approximate surface area is 137 Å². The molecule has 0 amide bonds. The van der Waals surface area contributed by atoms with Crippen molar-refractivity contribution in [2.24, 2.45) is 5.92 Å². The summed E-state index contributed by atoms with van der Waals surface area (Å²) in [7, 11) is 0. The lowest BCUT2D eigenvalue weighted by molar-refractivity contribution is 0.316. The van der Waals surface area contributed by atoms with Crippen LogP contribution in [0.25, 0.3) is 10.8 Å². The molecule has 1 atom stereocenters. The molecular weight excluding hydrogens is 282 g/mol. The van der Waals surface area contributed by atoms with Crippen LogP contribution in [0.3, 0.4) is 0 Å². The Kier molecular flexibility index (Phi) is 4.03. The van der Waals surface area contributed by atoms with Crippen molar-refractivity contribution >= 4 is 10.8 Å². The largest absolute Gasteiger partial charge is 0.299 e. The van der Waals surface area contributed by atoms with Gasteiger partial charge in [-0.15, -0.1) is 0 Å². The molecule has 1 aliphatic heterocycles. The monoisotopic (exact) mass is 303 g/mol. The Morgan fingerprint density at radius 2 is 1.96 bits per heavy atom. The first kappa shape index (κ1) is 14.3. The van der Waals surface area contributed by atoms with E-state index in [0.29, 0.717) is 0 Å². The predicted octanol–water partition coefficient (Wildman–Crippen LogP) is 3.69. The topological polar surface area (TPSA) is 29.0 Å². The van der Waals surface area contributed by atoms with Crippen molar-refractivity contribution < 1.29 is 0 Å². The van der Waals surface area contributed by atoms with Crippen molar-refractivity contribution in [1.82, 2.24) is 14.9 Å². The third-order valence-electron chi connectivity index (χ3n) is 4.76. The summed E-state index contributed by atoms with van der Waals surface area (Å²) in [5.74, 6) is 0.722. The predicted molar refractivity (Wildman–Crippen MR) is 93.1 cm³/mol. The van der Waals surface area contributed by atoms with E-state index in [2.05, 4.69) is 45.2 Å². The number of fused-ring (bicyclic) bond motifs is 1. The summed E-state index contributed by atoms with van der Waals surface area (Å²) in [5, 5.41) is 2.60. The van der Waals surface area contributed by atoms with Gasteiger partial charge in [-0.05, 0) is 47.9 Å². The average molecular weight is 303 g/mol. The van der Waals surface area contributed by atoms with Gasteiger partial charge >= 0.3 is 0 Å². The number of rotatable bonds is 4. The highest BCUT2D eigenvalue weighted by Crippen LogP contribution is 2.25. The van der Waals surface area contributed by atoms with Crippen LogP contribution in [0.15, 0.2) is 61.2 Å². The van der Waals surface area contributed by atoms with Gasteiger partial charge in [0.2, 0.25) is 0 Å². The van der Waals surface area contributed by atoms with E-state index >= 15 is 0 Å². The van der Waals surface area contributed by atoms with Gasteiger partial charge in [0.05, 0.1) is 0 Å². The summed E-state index contributed by atoms with van der Waals surface area (Å²) < 4.78 is 0. The van der Waals surface area contributed by atoms with Crippen LogP contribution in [-0.4, -0.2) is 28.0 Å². The lowest BCUT2D eigenvalue weighted by Gasteiger charge is -2.16. The van der Waals surface area contributed by atoms with Gasteiger partial charge in [-0.2, -0.15) is 0 Å². The zero-order valence-electron chi connectivity index (χ0n) is 13.2. The van der Waals surface area contributed by atoms with Gasteiger partial charge in [-0.1, -0.05) is 30.3 Å². The fourth-order valence-corrected chi connectivity index (χ4v) is 3.63. The van der Waals surface area contributed by atoms with E-state index in [-0.39, 0.29) is 0 Å². The molecular formula is C20H21N3. The first-order valence-corrected chi connectivity index (χ1v) is 8.31. The molecule has 1 saturated heterocycles. The molecule has 1 aromatic carbocycles.